The van der Waals surface area contributed by atoms with E-state index in [0.29, 0.717) is 36.6 Å². The Kier molecular flexibility index (Phi) is 8.29. The van der Waals surface area contributed by atoms with E-state index in [9.17, 15) is 18.0 Å². The van der Waals surface area contributed by atoms with Gasteiger partial charge in [0, 0.05) is 37.8 Å². The SMILES string of the molecule is COc1ccc(S(=O)(=O)N2CCC[C@H](C(=O)NCCC(=O)Nc3cccc(OC)c3)C2)cc1. The molecule has 0 spiro atoms. The molecule has 2 aromatic carbocycles. The molecule has 1 fully saturated rings. The first-order valence-electron chi connectivity index (χ1n) is 10.7. The molecule has 1 aliphatic rings. The van der Waals surface area contributed by atoms with Crippen LogP contribution in [0.1, 0.15) is 19.3 Å². The van der Waals surface area contributed by atoms with E-state index in [1.54, 1.807) is 43.5 Å². The molecular formula is C23H29N3O6S. The lowest BCUT2D eigenvalue weighted by Gasteiger charge is -2.31. The Labute approximate surface area is 194 Å². The maximum Gasteiger partial charge on any atom is 0.243 e. The van der Waals surface area contributed by atoms with Crippen LogP contribution in [0.15, 0.2) is 53.4 Å². The number of ether oxygens (including phenoxy) is 2. The molecule has 0 radical (unpaired) electrons. The third-order valence-electron chi connectivity index (χ3n) is 5.46. The van der Waals surface area contributed by atoms with Crippen molar-refractivity contribution in [1.29, 1.82) is 0 Å². The highest BCUT2D eigenvalue weighted by molar-refractivity contribution is 7.89. The molecule has 178 valence electrons. The minimum atomic E-state index is -3.70. The Hall–Kier alpha value is -3.11. The van der Waals surface area contributed by atoms with Crippen molar-refractivity contribution < 1.29 is 27.5 Å². The van der Waals surface area contributed by atoms with Crippen LogP contribution >= 0.6 is 0 Å². The topological polar surface area (TPSA) is 114 Å². The van der Waals surface area contributed by atoms with Crippen LogP contribution in [0.4, 0.5) is 5.69 Å². The second-order valence-corrected chi connectivity index (χ2v) is 9.64. The first kappa shape index (κ1) is 24.5. The number of sulfonamides is 1. The zero-order valence-electron chi connectivity index (χ0n) is 18.7. The Balaban J connectivity index is 1.50. The summed E-state index contributed by atoms with van der Waals surface area (Å²) in [5.74, 6) is 0.246. The summed E-state index contributed by atoms with van der Waals surface area (Å²) >= 11 is 0. The van der Waals surface area contributed by atoms with Crippen molar-refractivity contribution in [3.05, 3.63) is 48.5 Å². The van der Waals surface area contributed by atoms with Gasteiger partial charge in [-0.05, 0) is 49.2 Å². The number of amides is 2. The van der Waals surface area contributed by atoms with E-state index >= 15 is 0 Å². The molecule has 0 saturated carbocycles. The van der Waals surface area contributed by atoms with Gasteiger partial charge >= 0.3 is 0 Å². The molecule has 0 aliphatic carbocycles. The molecule has 1 aliphatic heterocycles. The number of rotatable bonds is 9. The zero-order chi connectivity index (χ0) is 23.8. The Morgan fingerprint density at radius 2 is 1.79 bits per heavy atom. The first-order chi connectivity index (χ1) is 15.8. The highest BCUT2D eigenvalue weighted by Gasteiger charge is 2.33. The highest BCUT2D eigenvalue weighted by Crippen LogP contribution is 2.25. The lowest BCUT2D eigenvalue weighted by Crippen LogP contribution is -2.45. The van der Waals surface area contributed by atoms with Gasteiger partial charge in [-0.3, -0.25) is 9.59 Å². The van der Waals surface area contributed by atoms with Gasteiger partial charge in [-0.2, -0.15) is 4.31 Å². The minimum Gasteiger partial charge on any atom is -0.497 e. The summed E-state index contributed by atoms with van der Waals surface area (Å²) in [7, 11) is -0.644. The number of anilines is 1. The zero-order valence-corrected chi connectivity index (χ0v) is 19.6. The smallest absolute Gasteiger partial charge is 0.243 e. The number of carbonyl (C=O) groups is 2. The Morgan fingerprint density at radius 1 is 1.06 bits per heavy atom. The van der Waals surface area contributed by atoms with Gasteiger partial charge in [0.2, 0.25) is 21.8 Å². The van der Waals surface area contributed by atoms with E-state index in [2.05, 4.69) is 10.6 Å². The normalized spacial score (nSPS) is 16.6. The number of nitrogens with zero attached hydrogens (tertiary/aromatic N) is 1. The molecular weight excluding hydrogens is 446 g/mol. The van der Waals surface area contributed by atoms with Crippen LogP contribution in [-0.4, -0.2) is 58.4 Å². The molecule has 0 unspecified atom stereocenters. The molecule has 0 aromatic heterocycles. The molecule has 10 heteroatoms. The van der Waals surface area contributed by atoms with E-state index in [4.69, 9.17) is 9.47 Å². The number of benzene rings is 2. The number of nitrogens with one attached hydrogen (secondary N) is 2. The molecule has 2 N–H and O–H groups in total. The monoisotopic (exact) mass is 475 g/mol. The number of piperidine rings is 1. The maximum atomic E-state index is 13.0. The summed E-state index contributed by atoms with van der Waals surface area (Å²) in [4.78, 5) is 24.9. The molecule has 1 atom stereocenters. The summed E-state index contributed by atoms with van der Waals surface area (Å²) in [5, 5.41) is 5.51. The van der Waals surface area contributed by atoms with Crippen LogP contribution in [0.3, 0.4) is 0 Å². The van der Waals surface area contributed by atoms with E-state index in [1.165, 1.54) is 23.5 Å². The predicted octanol–water partition coefficient (Wildman–Crippen LogP) is 2.25. The van der Waals surface area contributed by atoms with E-state index in [1.807, 2.05) is 0 Å². The largest absolute Gasteiger partial charge is 0.497 e. The fourth-order valence-corrected chi connectivity index (χ4v) is 5.16. The van der Waals surface area contributed by atoms with Crippen molar-refractivity contribution >= 4 is 27.5 Å². The van der Waals surface area contributed by atoms with E-state index in [-0.39, 0.29) is 36.2 Å². The van der Waals surface area contributed by atoms with Gasteiger partial charge in [0.25, 0.3) is 0 Å². The van der Waals surface area contributed by atoms with Crippen LogP contribution in [0.2, 0.25) is 0 Å². The van der Waals surface area contributed by atoms with Gasteiger partial charge in [-0.25, -0.2) is 8.42 Å². The summed E-state index contributed by atoms with van der Waals surface area (Å²) in [6.07, 6.45) is 1.28. The highest BCUT2D eigenvalue weighted by atomic mass is 32.2. The molecule has 9 nitrogen and oxygen atoms in total. The van der Waals surface area contributed by atoms with Crippen molar-refractivity contribution in [2.45, 2.75) is 24.2 Å². The standard InChI is InChI=1S/C23H29N3O6S/c1-31-19-8-10-21(11-9-19)33(29,30)26-14-4-5-17(16-26)23(28)24-13-12-22(27)25-18-6-3-7-20(15-18)32-2/h3,6-11,15,17H,4-5,12-14,16H2,1-2H3,(H,24,28)(H,25,27)/t17-/m0/s1. The van der Waals surface area contributed by atoms with Crippen LogP contribution < -0.4 is 20.1 Å². The fourth-order valence-electron chi connectivity index (χ4n) is 3.64. The van der Waals surface area contributed by atoms with Crippen molar-refractivity contribution in [3.8, 4) is 11.5 Å². The van der Waals surface area contributed by atoms with Crippen molar-refractivity contribution in [2.75, 3.05) is 39.2 Å². The molecule has 0 bridgehead atoms. The van der Waals surface area contributed by atoms with Crippen LogP contribution in [0.5, 0.6) is 11.5 Å². The number of carbonyl (C=O) groups excluding carboxylic acids is 2. The molecule has 2 amide bonds. The molecule has 1 saturated heterocycles. The van der Waals surface area contributed by atoms with Crippen molar-refractivity contribution in [2.24, 2.45) is 5.92 Å². The number of hydrogen-bond donors (Lipinski definition) is 2. The predicted molar refractivity (Wildman–Crippen MR) is 124 cm³/mol. The maximum absolute atomic E-state index is 13.0. The van der Waals surface area contributed by atoms with Gasteiger partial charge in [-0.15, -0.1) is 0 Å². The second kappa shape index (κ2) is 11.2. The lowest BCUT2D eigenvalue weighted by atomic mass is 9.99. The molecule has 2 aromatic rings. The van der Waals surface area contributed by atoms with E-state index in [0.717, 1.165) is 0 Å². The summed E-state index contributed by atoms with van der Waals surface area (Å²) < 4.78 is 37.5. The van der Waals surface area contributed by atoms with Crippen LogP contribution in [-0.2, 0) is 19.6 Å². The first-order valence-corrected chi connectivity index (χ1v) is 12.1. The summed E-state index contributed by atoms with van der Waals surface area (Å²) in [5.41, 5.74) is 0.609. The van der Waals surface area contributed by atoms with Crippen LogP contribution in [0, 0.1) is 5.92 Å². The second-order valence-electron chi connectivity index (χ2n) is 7.70. The number of methoxy groups -OCH3 is 2. The average Bonchev–Trinajstić information content (AvgIpc) is 2.84. The molecule has 1 heterocycles. The van der Waals surface area contributed by atoms with Crippen molar-refractivity contribution in [3.63, 3.8) is 0 Å². The van der Waals surface area contributed by atoms with Gasteiger partial charge in [0.05, 0.1) is 25.0 Å². The average molecular weight is 476 g/mol. The van der Waals surface area contributed by atoms with Crippen LogP contribution in [0.25, 0.3) is 0 Å². The summed E-state index contributed by atoms with van der Waals surface area (Å²) in [6.45, 7) is 0.633. The third kappa shape index (κ3) is 6.45. The molecule has 3 rings (SSSR count). The Bertz CT molecular complexity index is 1070. The molecule has 33 heavy (non-hydrogen) atoms. The Morgan fingerprint density at radius 3 is 2.48 bits per heavy atom. The van der Waals surface area contributed by atoms with Crippen molar-refractivity contribution in [1.82, 2.24) is 9.62 Å². The summed E-state index contributed by atoms with van der Waals surface area (Å²) in [6, 6.07) is 13.2. The van der Waals surface area contributed by atoms with E-state index < -0.39 is 15.9 Å². The van der Waals surface area contributed by atoms with Gasteiger partial charge in [0.15, 0.2) is 0 Å². The van der Waals surface area contributed by atoms with Gasteiger partial charge in [-0.1, -0.05) is 6.07 Å². The fraction of sp³-hybridized carbons (Fsp3) is 0.391. The lowest BCUT2D eigenvalue weighted by molar-refractivity contribution is -0.126. The number of hydrogen-bond acceptors (Lipinski definition) is 6. The minimum absolute atomic E-state index is 0.101. The third-order valence-corrected chi connectivity index (χ3v) is 7.34. The van der Waals surface area contributed by atoms with Gasteiger partial charge < -0.3 is 20.1 Å². The van der Waals surface area contributed by atoms with Gasteiger partial charge in [0.1, 0.15) is 11.5 Å². The quantitative estimate of drug-likeness (QED) is 0.575.